The van der Waals surface area contributed by atoms with Gasteiger partial charge in [0, 0.05) is 29.8 Å². The van der Waals surface area contributed by atoms with E-state index in [9.17, 15) is 14.9 Å². The molecular weight excluding hydrogens is 308 g/mol. The fourth-order valence-corrected chi connectivity index (χ4v) is 2.28. The predicted octanol–water partition coefficient (Wildman–Crippen LogP) is 2.24. The molecule has 0 spiro atoms. The van der Waals surface area contributed by atoms with Crippen LogP contribution in [0.1, 0.15) is 11.1 Å². The van der Waals surface area contributed by atoms with Gasteiger partial charge in [0.25, 0.3) is 11.2 Å². The Balaban J connectivity index is 2.11. The molecule has 0 saturated heterocycles. The molecule has 110 valence electrons. The number of nitro benzene ring substituents is 1. The fourth-order valence-electron chi connectivity index (χ4n) is 2.14. The predicted molar refractivity (Wildman–Crippen MR) is 80.2 cm³/mol. The summed E-state index contributed by atoms with van der Waals surface area (Å²) >= 11 is 5.78. The van der Waals surface area contributed by atoms with Gasteiger partial charge in [0.2, 0.25) is 0 Å². The first-order valence-electron chi connectivity index (χ1n) is 6.32. The van der Waals surface area contributed by atoms with E-state index in [-0.39, 0.29) is 17.3 Å². The Bertz CT molecular complexity index is 939. The van der Waals surface area contributed by atoms with Crippen molar-refractivity contribution < 1.29 is 4.92 Å². The van der Waals surface area contributed by atoms with Crippen molar-refractivity contribution >= 4 is 22.9 Å². The van der Waals surface area contributed by atoms with Crippen LogP contribution < -0.4 is 5.56 Å². The van der Waals surface area contributed by atoms with E-state index in [0.717, 1.165) is 4.52 Å². The van der Waals surface area contributed by atoms with Gasteiger partial charge in [0.15, 0.2) is 5.65 Å². The molecule has 0 radical (unpaired) electrons. The quantitative estimate of drug-likeness (QED) is 0.546. The van der Waals surface area contributed by atoms with Gasteiger partial charge in [-0.15, -0.1) is 0 Å². The molecule has 0 bridgehead atoms. The molecule has 3 aromatic rings. The second kappa shape index (κ2) is 5.53. The number of hydrogen-bond acceptors (Lipinski definition) is 5. The van der Waals surface area contributed by atoms with E-state index in [1.54, 1.807) is 24.3 Å². The Morgan fingerprint density at radius 1 is 1.18 bits per heavy atom. The van der Waals surface area contributed by atoms with Crippen LogP contribution in [0.15, 0.2) is 47.4 Å². The third-order valence-electron chi connectivity index (χ3n) is 3.17. The normalized spacial score (nSPS) is 10.8. The van der Waals surface area contributed by atoms with Gasteiger partial charge < -0.3 is 0 Å². The minimum atomic E-state index is -0.476. The third-order valence-corrected chi connectivity index (χ3v) is 3.37. The van der Waals surface area contributed by atoms with Crippen LogP contribution in [0.25, 0.3) is 5.65 Å². The smallest absolute Gasteiger partial charge is 0.267 e. The first kappa shape index (κ1) is 14.2. The first-order chi connectivity index (χ1) is 10.6. The molecule has 0 aliphatic carbocycles. The van der Waals surface area contributed by atoms with E-state index in [1.165, 1.54) is 18.3 Å². The van der Waals surface area contributed by atoms with Crippen molar-refractivity contribution in [2.75, 3.05) is 0 Å². The maximum atomic E-state index is 12.4. The van der Waals surface area contributed by atoms with Crippen LogP contribution in [0.5, 0.6) is 0 Å². The number of aromatic nitrogens is 3. The maximum absolute atomic E-state index is 12.4. The average molecular weight is 317 g/mol. The van der Waals surface area contributed by atoms with E-state index in [4.69, 9.17) is 11.6 Å². The van der Waals surface area contributed by atoms with Crippen molar-refractivity contribution in [2.45, 2.75) is 6.42 Å². The number of nitrogens with zero attached hydrogens (tertiary/aromatic N) is 4. The molecular formula is C14H9ClN4O3. The Hall–Kier alpha value is -2.80. The Morgan fingerprint density at radius 3 is 2.73 bits per heavy atom. The van der Waals surface area contributed by atoms with Gasteiger partial charge in [-0.3, -0.25) is 14.9 Å². The van der Waals surface area contributed by atoms with Crippen LogP contribution >= 0.6 is 11.6 Å². The molecule has 2 heterocycles. The summed E-state index contributed by atoms with van der Waals surface area (Å²) < 4.78 is 1.09. The summed E-state index contributed by atoms with van der Waals surface area (Å²) in [6, 6.07) is 9.38. The standard InChI is InChI=1S/C14H9ClN4O3/c15-12-5-6-13-16-8-10(14(20)18(13)17-12)7-9-3-1-2-4-11(9)19(21)22/h1-6,8H,7H2. The summed E-state index contributed by atoms with van der Waals surface area (Å²) in [5.74, 6) is 0. The highest BCUT2D eigenvalue weighted by molar-refractivity contribution is 6.29. The number of benzene rings is 1. The van der Waals surface area contributed by atoms with Crippen molar-refractivity contribution in [1.82, 2.24) is 14.6 Å². The lowest BCUT2D eigenvalue weighted by molar-refractivity contribution is -0.385. The number of nitro groups is 1. The second-order valence-electron chi connectivity index (χ2n) is 4.58. The highest BCUT2D eigenvalue weighted by Gasteiger charge is 2.15. The Kier molecular flexibility index (Phi) is 3.56. The van der Waals surface area contributed by atoms with Crippen LogP contribution in [0.3, 0.4) is 0 Å². The van der Waals surface area contributed by atoms with Crippen molar-refractivity contribution in [3.05, 3.63) is 79.3 Å². The molecule has 8 heteroatoms. The van der Waals surface area contributed by atoms with Crippen molar-refractivity contribution in [3.8, 4) is 0 Å². The molecule has 7 nitrogen and oxygen atoms in total. The van der Waals surface area contributed by atoms with Gasteiger partial charge in [-0.2, -0.15) is 9.61 Å². The SMILES string of the molecule is O=c1c(Cc2ccccc2[N+](=O)[O-])cnc2ccc(Cl)nn12. The van der Waals surface area contributed by atoms with Gasteiger partial charge in [0.1, 0.15) is 5.15 Å². The largest absolute Gasteiger partial charge is 0.278 e. The molecule has 1 aromatic carbocycles. The lowest BCUT2D eigenvalue weighted by Crippen LogP contribution is -2.22. The molecule has 0 aliphatic heterocycles. The van der Waals surface area contributed by atoms with Crippen molar-refractivity contribution in [1.29, 1.82) is 0 Å². The zero-order valence-electron chi connectivity index (χ0n) is 11.1. The Morgan fingerprint density at radius 2 is 1.95 bits per heavy atom. The molecule has 2 aromatic heterocycles. The second-order valence-corrected chi connectivity index (χ2v) is 4.96. The number of fused-ring (bicyclic) bond motifs is 1. The summed E-state index contributed by atoms with van der Waals surface area (Å²) in [6.07, 6.45) is 1.50. The lowest BCUT2D eigenvalue weighted by atomic mass is 10.1. The van der Waals surface area contributed by atoms with Crippen LogP contribution in [0, 0.1) is 10.1 Å². The van der Waals surface area contributed by atoms with E-state index in [0.29, 0.717) is 16.8 Å². The number of hydrogen-bond donors (Lipinski definition) is 0. The molecule has 22 heavy (non-hydrogen) atoms. The van der Waals surface area contributed by atoms with Gasteiger partial charge >= 0.3 is 0 Å². The van der Waals surface area contributed by atoms with Crippen molar-refractivity contribution in [3.63, 3.8) is 0 Å². The third kappa shape index (κ3) is 2.53. The summed E-state index contributed by atoms with van der Waals surface area (Å²) in [5.41, 5.74) is 0.673. The molecule has 0 N–H and O–H groups in total. The minimum Gasteiger partial charge on any atom is -0.267 e. The fraction of sp³-hybridized carbons (Fsp3) is 0.0714. The highest BCUT2D eigenvalue weighted by atomic mass is 35.5. The molecule has 0 amide bonds. The topological polar surface area (TPSA) is 90.4 Å². The molecule has 0 atom stereocenters. The zero-order chi connectivity index (χ0) is 15.7. The summed E-state index contributed by atoms with van der Waals surface area (Å²) in [7, 11) is 0. The lowest BCUT2D eigenvalue weighted by Gasteiger charge is -2.04. The van der Waals surface area contributed by atoms with Crippen LogP contribution in [-0.2, 0) is 6.42 Å². The highest BCUT2D eigenvalue weighted by Crippen LogP contribution is 2.19. The van der Waals surface area contributed by atoms with Crippen LogP contribution in [0.4, 0.5) is 5.69 Å². The van der Waals surface area contributed by atoms with E-state index in [2.05, 4.69) is 10.1 Å². The van der Waals surface area contributed by atoms with Gasteiger partial charge in [0.05, 0.1) is 4.92 Å². The number of para-hydroxylation sites is 1. The van der Waals surface area contributed by atoms with Gasteiger partial charge in [-0.05, 0) is 12.1 Å². The van der Waals surface area contributed by atoms with E-state index in [1.807, 2.05) is 0 Å². The molecule has 0 aliphatic rings. The van der Waals surface area contributed by atoms with E-state index < -0.39 is 10.5 Å². The summed E-state index contributed by atoms with van der Waals surface area (Å²) in [5, 5.41) is 15.1. The van der Waals surface area contributed by atoms with Gasteiger partial charge in [-0.1, -0.05) is 29.8 Å². The maximum Gasteiger partial charge on any atom is 0.278 e. The van der Waals surface area contributed by atoms with Crippen molar-refractivity contribution in [2.24, 2.45) is 0 Å². The zero-order valence-corrected chi connectivity index (χ0v) is 11.9. The monoisotopic (exact) mass is 316 g/mol. The molecule has 0 saturated carbocycles. The summed E-state index contributed by atoms with van der Waals surface area (Å²) in [6.45, 7) is 0. The number of halogens is 1. The first-order valence-corrected chi connectivity index (χ1v) is 6.70. The van der Waals surface area contributed by atoms with Crippen LogP contribution in [0.2, 0.25) is 5.15 Å². The Labute approximate surface area is 129 Å². The average Bonchev–Trinajstić information content (AvgIpc) is 2.51. The summed E-state index contributed by atoms with van der Waals surface area (Å²) in [4.78, 5) is 27.1. The molecule has 0 fully saturated rings. The van der Waals surface area contributed by atoms with Crippen LogP contribution in [-0.4, -0.2) is 19.5 Å². The minimum absolute atomic E-state index is 0.0361. The van der Waals surface area contributed by atoms with E-state index >= 15 is 0 Å². The number of rotatable bonds is 3. The molecule has 3 rings (SSSR count). The molecule has 0 unspecified atom stereocenters. The van der Waals surface area contributed by atoms with Gasteiger partial charge in [-0.25, -0.2) is 4.98 Å².